The molecule has 2 heterocycles. The highest BCUT2D eigenvalue weighted by molar-refractivity contribution is 5.86. The second-order valence-corrected chi connectivity index (χ2v) is 7.91. The Balaban J connectivity index is 0.000000221. The quantitative estimate of drug-likeness (QED) is 0.779. The molecule has 5 nitrogen and oxygen atoms in total. The van der Waals surface area contributed by atoms with Gasteiger partial charge in [0.1, 0.15) is 5.69 Å². The van der Waals surface area contributed by atoms with Crippen LogP contribution in [0.2, 0.25) is 0 Å². The van der Waals surface area contributed by atoms with Gasteiger partial charge in [-0.1, -0.05) is 50.6 Å². The lowest BCUT2D eigenvalue weighted by molar-refractivity contribution is 0.0685. The van der Waals surface area contributed by atoms with Crippen molar-refractivity contribution in [1.29, 1.82) is 0 Å². The molecule has 1 saturated heterocycles. The van der Waals surface area contributed by atoms with Crippen LogP contribution in [0, 0.1) is 0 Å². The summed E-state index contributed by atoms with van der Waals surface area (Å²) in [5.41, 5.74) is 2.79. The van der Waals surface area contributed by atoms with E-state index in [2.05, 4.69) is 55.3 Å². The minimum atomic E-state index is -0.856. The molecule has 1 aliphatic rings. The van der Waals surface area contributed by atoms with Gasteiger partial charge in [0.05, 0.1) is 0 Å². The predicted molar refractivity (Wildman–Crippen MR) is 115 cm³/mol. The summed E-state index contributed by atoms with van der Waals surface area (Å²) >= 11 is 0. The zero-order valence-electron chi connectivity index (χ0n) is 17.7. The Morgan fingerprint density at radius 2 is 1.89 bits per heavy atom. The van der Waals surface area contributed by atoms with Gasteiger partial charge in [0.15, 0.2) is 0 Å². The van der Waals surface area contributed by atoms with Crippen LogP contribution < -0.4 is 5.32 Å². The summed E-state index contributed by atoms with van der Waals surface area (Å²) in [5, 5.41) is 12.4. The minimum absolute atomic E-state index is 0.365. The van der Waals surface area contributed by atoms with Crippen LogP contribution >= 0.6 is 0 Å². The molecule has 28 heavy (non-hydrogen) atoms. The van der Waals surface area contributed by atoms with Gasteiger partial charge in [0.25, 0.3) is 0 Å². The molecule has 1 atom stereocenters. The first kappa shape index (κ1) is 22.2. The third-order valence-corrected chi connectivity index (χ3v) is 5.31. The Morgan fingerprint density at radius 1 is 1.18 bits per heavy atom. The highest BCUT2D eigenvalue weighted by atomic mass is 16.4. The van der Waals surface area contributed by atoms with Crippen LogP contribution in [0.3, 0.4) is 0 Å². The number of nitrogens with zero attached hydrogens (tertiary/aromatic N) is 2. The lowest BCUT2D eigenvalue weighted by Crippen LogP contribution is -2.37. The van der Waals surface area contributed by atoms with Crippen molar-refractivity contribution in [1.82, 2.24) is 14.8 Å². The number of piperidine rings is 1. The molecule has 1 aromatic carbocycles. The van der Waals surface area contributed by atoms with Gasteiger partial charge in [-0.05, 0) is 44.0 Å². The number of carbonyl (C=O) groups is 1. The number of benzene rings is 1. The average Bonchev–Trinajstić information content (AvgIpc) is 3.04. The van der Waals surface area contributed by atoms with Crippen LogP contribution in [0.4, 0.5) is 0 Å². The van der Waals surface area contributed by atoms with Crippen molar-refractivity contribution >= 4 is 5.97 Å². The summed E-state index contributed by atoms with van der Waals surface area (Å²) in [7, 11) is 1.83. The zero-order valence-corrected chi connectivity index (χ0v) is 17.7. The second kappa shape index (κ2) is 11.0. The summed E-state index contributed by atoms with van der Waals surface area (Å²) in [5.74, 6) is -0.856. The summed E-state index contributed by atoms with van der Waals surface area (Å²) in [6.07, 6.45) is 3.81. The molecule has 3 rings (SSSR count). The van der Waals surface area contributed by atoms with E-state index < -0.39 is 5.97 Å². The molecule has 154 valence electrons. The van der Waals surface area contributed by atoms with Gasteiger partial charge >= 0.3 is 5.97 Å². The molecule has 1 aliphatic heterocycles. The smallest absolute Gasteiger partial charge is 0.352 e. The van der Waals surface area contributed by atoms with Crippen molar-refractivity contribution in [2.45, 2.75) is 65.2 Å². The van der Waals surface area contributed by atoms with E-state index in [0.717, 1.165) is 25.3 Å². The van der Waals surface area contributed by atoms with E-state index in [1.807, 2.05) is 19.2 Å². The van der Waals surface area contributed by atoms with Gasteiger partial charge < -0.3 is 15.0 Å². The van der Waals surface area contributed by atoms with Crippen LogP contribution in [-0.4, -0.2) is 39.2 Å². The van der Waals surface area contributed by atoms with E-state index in [1.165, 1.54) is 24.8 Å². The van der Waals surface area contributed by atoms with Crippen molar-refractivity contribution < 1.29 is 9.90 Å². The topological polar surface area (TPSA) is 57.5 Å². The number of aromatic nitrogens is 1. The molecule has 0 spiro atoms. The minimum Gasteiger partial charge on any atom is -0.477 e. The number of likely N-dealkylation sites (tertiary alicyclic amines) is 1. The number of hydrogen-bond acceptors (Lipinski definition) is 3. The maximum atomic E-state index is 11.0. The average molecular weight is 386 g/mol. The second-order valence-electron chi connectivity index (χ2n) is 7.91. The Morgan fingerprint density at radius 3 is 2.46 bits per heavy atom. The summed E-state index contributed by atoms with van der Waals surface area (Å²) in [6.45, 7) is 9.50. The maximum absolute atomic E-state index is 11.0. The van der Waals surface area contributed by atoms with Crippen LogP contribution in [0.5, 0.6) is 0 Å². The van der Waals surface area contributed by atoms with Crippen LogP contribution in [0.1, 0.15) is 61.8 Å². The fraction of sp³-hybridized carbons (Fsp3) is 0.522. The molecule has 1 fully saturated rings. The number of rotatable bonds is 6. The molecule has 5 heteroatoms. The van der Waals surface area contributed by atoms with Crippen LogP contribution in [-0.2, 0) is 20.1 Å². The number of carboxylic acids is 1. The lowest BCUT2D eigenvalue weighted by Gasteiger charge is -2.33. The molecular weight excluding hydrogens is 350 g/mol. The van der Waals surface area contributed by atoms with Crippen molar-refractivity contribution in [3.63, 3.8) is 0 Å². The number of hydrogen-bond donors (Lipinski definition) is 2. The van der Waals surface area contributed by atoms with Crippen LogP contribution in [0.25, 0.3) is 0 Å². The van der Waals surface area contributed by atoms with Gasteiger partial charge in [-0.3, -0.25) is 4.90 Å². The van der Waals surface area contributed by atoms with Crippen molar-refractivity contribution in [2.24, 2.45) is 7.05 Å². The third-order valence-electron chi connectivity index (χ3n) is 5.31. The lowest BCUT2D eigenvalue weighted by atomic mass is 10.0. The third kappa shape index (κ3) is 6.80. The summed E-state index contributed by atoms with van der Waals surface area (Å²) in [4.78, 5) is 13.4. The van der Waals surface area contributed by atoms with Crippen molar-refractivity contribution in [3.05, 3.63) is 59.4 Å². The summed E-state index contributed by atoms with van der Waals surface area (Å²) in [6, 6.07) is 15.2. The molecule has 0 radical (unpaired) electrons. The standard InChI is InChI=1S/C13H20N2O2.C10H15N/c1-10-5-3-4-8-15(10)9-11-6-7-12(13(16)17)14(11)2;1-9(2)11-8-10-6-4-3-5-7-10/h6-7,10H,3-5,8-9H2,1-2H3,(H,16,17);3-7,9,11H,8H2,1-2H3. The van der Waals surface area contributed by atoms with E-state index >= 15 is 0 Å². The number of carboxylic acid groups (broad SMARTS) is 1. The molecule has 0 bridgehead atoms. The van der Waals surface area contributed by atoms with Gasteiger partial charge in [-0.2, -0.15) is 0 Å². The Hall–Kier alpha value is -2.11. The Labute approximate surface area is 169 Å². The molecule has 2 aromatic rings. The monoisotopic (exact) mass is 385 g/mol. The first-order valence-corrected chi connectivity index (χ1v) is 10.3. The molecule has 2 N–H and O–H groups in total. The Kier molecular flexibility index (Phi) is 8.74. The molecule has 0 aliphatic carbocycles. The SMILES string of the molecule is CC(C)NCc1ccccc1.CC1CCCCN1Cc1ccc(C(=O)O)n1C. The maximum Gasteiger partial charge on any atom is 0.352 e. The predicted octanol–water partition coefficient (Wildman–Crippen LogP) is 4.28. The summed E-state index contributed by atoms with van der Waals surface area (Å²) < 4.78 is 1.78. The highest BCUT2D eigenvalue weighted by Gasteiger charge is 2.20. The van der Waals surface area contributed by atoms with Crippen LogP contribution in [0.15, 0.2) is 42.5 Å². The van der Waals surface area contributed by atoms with E-state index in [9.17, 15) is 4.79 Å². The van der Waals surface area contributed by atoms with Gasteiger partial charge in [-0.25, -0.2) is 4.79 Å². The molecular formula is C23H35N3O2. The fourth-order valence-corrected chi connectivity index (χ4v) is 3.45. The van der Waals surface area contributed by atoms with E-state index in [4.69, 9.17) is 5.11 Å². The van der Waals surface area contributed by atoms with Gasteiger partial charge in [0, 0.05) is 37.9 Å². The first-order valence-electron chi connectivity index (χ1n) is 10.3. The fourth-order valence-electron chi connectivity index (χ4n) is 3.45. The Bertz CT molecular complexity index is 725. The molecule has 0 saturated carbocycles. The van der Waals surface area contributed by atoms with E-state index in [0.29, 0.717) is 17.8 Å². The van der Waals surface area contributed by atoms with Crippen molar-refractivity contribution in [2.75, 3.05) is 6.54 Å². The number of aromatic carboxylic acids is 1. The normalized spacial score (nSPS) is 17.2. The highest BCUT2D eigenvalue weighted by Crippen LogP contribution is 2.19. The molecule has 1 unspecified atom stereocenters. The van der Waals surface area contributed by atoms with Crippen molar-refractivity contribution in [3.8, 4) is 0 Å². The molecule has 0 amide bonds. The number of nitrogens with one attached hydrogen (secondary N) is 1. The van der Waals surface area contributed by atoms with E-state index in [1.54, 1.807) is 10.6 Å². The zero-order chi connectivity index (χ0) is 20.5. The van der Waals surface area contributed by atoms with Gasteiger partial charge in [-0.15, -0.1) is 0 Å². The molecule has 1 aromatic heterocycles. The van der Waals surface area contributed by atoms with E-state index in [-0.39, 0.29) is 0 Å². The van der Waals surface area contributed by atoms with Gasteiger partial charge in [0.2, 0.25) is 0 Å². The largest absolute Gasteiger partial charge is 0.477 e. The first-order chi connectivity index (χ1) is 13.4.